The van der Waals surface area contributed by atoms with Gasteiger partial charge in [-0.1, -0.05) is 23.8 Å². The zero-order chi connectivity index (χ0) is 15.6. The summed E-state index contributed by atoms with van der Waals surface area (Å²) >= 11 is 0. The summed E-state index contributed by atoms with van der Waals surface area (Å²) in [5, 5.41) is 3.42. The predicted octanol–water partition coefficient (Wildman–Crippen LogP) is 3.63. The Morgan fingerprint density at radius 1 is 1.10 bits per heavy atom. The van der Waals surface area contributed by atoms with Gasteiger partial charge >= 0.3 is 0 Å². The molecule has 21 heavy (non-hydrogen) atoms. The van der Waals surface area contributed by atoms with Gasteiger partial charge in [0.25, 0.3) is 0 Å². The minimum atomic E-state index is -0.390. The van der Waals surface area contributed by atoms with Crippen molar-refractivity contribution >= 4 is 11.6 Å². The Morgan fingerprint density at radius 3 is 2.29 bits per heavy atom. The van der Waals surface area contributed by atoms with Crippen LogP contribution >= 0.6 is 0 Å². The first kappa shape index (κ1) is 15.1. The van der Waals surface area contributed by atoms with Crippen LogP contribution in [0.2, 0.25) is 0 Å². The molecule has 3 N–H and O–H groups in total. The summed E-state index contributed by atoms with van der Waals surface area (Å²) in [7, 11) is 0. The van der Waals surface area contributed by atoms with Crippen LogP contribution in [0.1, 0.15) is 38.2 Å². The fraction of sp³-hybridized carbons (Fsp3) is 0.278. The van der Waals surface area contributed by atoms with E-state index in [0.29, 0.717) is 5.56 Å². The maximum absolute atomic E-state index is 11.4. The number of carbonyl (C=O) groups excluding carboxylic acids is 1. The molecule has 110 valence electrons. The van der Waals surface area contributed by atoms with E-state index >= 15 is 0 Å². The summed E-state index contributed by atoms with van der Waals surface area (Å²) in [6, 6.07) is 9.96. The normalized spacial score (nSPS) is 10.5. The first-order chi connectivity index (χ1) is 9.90. The minimum Gasteiger partial charge on any atom is -0.381 e. The molecular formula is C18H22N2O. The van der Waals surface area contributed by atoms with Crippen molar-refractivity contribution in [1.82, 2.24) is 0 Å². The Labute approximate surface area is 126 Å². The number of nitrogens with one attached hydrogen (secondary N) is 1. The molecule has 0 unspecified atom stereocenters. The van der Waals surface area contributed by atoms with Gasteiger partial charge in [-0.3, -0.25) is 4.79 Å². The maximum Gasteiger partial charge on any atom is 0.249 e. The highest BCUT2D eigenvalue weighted by Gasteiger charge is 2.09. The van der Waals surface area contributed by atoms with Crippen LogP contribution in [0.25, 0.3) is 0 Å². The molecule has 0 bridgehead atoms. The Kier molecular flexibility index (Phi) is 4.32. The maximum atomic E-state index is 11.4. The van der Waals surface area contributed by atoms with Crippen LogP contribution in [0, 0.1) is 27.7 Å². The van der Waals surface area contributed by atoms with E-state index in [2.05, 4.69) is 38.2 Å². The number of rotatable bonds is 4. The summed E-state index contributed by atoms with van der Waals surface area (Å²) in [6.07, 6.45) is 0. The molecule has 2 aromatic rings. The van der Waals surface area contributed by atoms with E-state index in [4.69, 9.17) is 5.73 Å². The summed E-state index contributed by atoms with van der Waals surface area (Å²) < 4.78 is 0. The van der Waals surface area contributed by atoms with Crippen LogP contribution in [0.4, 0.5) is 5.69 Å². The molecule has 0 aliphatic heterocycles. The van der Waals surface area contributed by atoms with E-state index in [1.54, 1.807) is 6.07 Å². The van der Waals surface area contributed by atoms with Crippen LogP contribution in [-0.4, -0.2) is 5.91 Å². The third kappa shape index (κ3) is 3.24. The highest BCUT2D eigenvalue weighted by atomic mass is 16.1. The molecule has 3 nitrogen and oxygen atoms in total. The van der Waals surface area contributed by atoms with Gasteiger partial charge in [-0.05, 0) is 62.1 Å². The van der Waals surface area contributed by atoms with Crippen molar-refractivity contribution in [1.29, 1.82) is 0 Å². The molecule has 0 radical (unpaired) electrons. The van der Waals surface area contributed by atoms with Crippen molar-refractivity contribution in [3.8, 4) is 0 Å². The topological polar surface area (TPSA) is 55.1 Å². The molecule has 2 aromatic carbocycles. The molecule has 0 aliphatic rings. The van der Waals surface area contributed by atoms with Gasteiger partial charge < -0.3 is 11.1 Å². The Bertz CT molecular complexity index is 667. The predicted molar refractivity (Wildman–Crippen MR) is 87.7 cm³/mol. The number of benzene rings is 2. The molecule has 2 rings (SSSR count). The average Bonchev–Trinajstić information content (AvgIpc) is 2.38. The highest BCUT2D eigenvalue weighted by molar-refractivity contribution is 5.95. The fourth-order valence-electron chi connectivity index (χ4n) is 2.77. The lowest BCUT2D eigenvalue weighted by atomic mass is 9.99. The lowest BCUT2D eigenvalue weighted by Gasteiger charge is -2.15. The molecule has 0 aliphatic carbocycles. The number of hydrogen-bond acceptors (Lipinski definition) is 2. The fourth-order valence-corrected chi connectivity index (χ4v) is 2.77. The van der Waals surface area contributed by atoms with E-state index in [9.17, 15) is 4.79 Å². The molecule has 0 spiro atoms. The van der Waals surface area contributed by atoms with Gasteiger partial charge in [-0.15, -0.1) is 0 Å². The van der Waals surface area contributed by atoms with Crippen LogP contribution in [0.15, 0.2) is 30.3 Å². The molecular weight excluding hydrogens is 260 g/mol. The zero-order valence-electron chi connectivity index (χ0n) is 13.1. The summed E-state index contributed by atoms with van der Waals surface area (Å²) in [4.78, 5) is 11.4. The van der Waals surface area contributed by atoms with Crippen LogP contribution in [-0.2, 0) is 6.54 Å². The van der Waals surface area contributed by atoms with Crippen LogP contribution in [0.3, 0.4) is 0 Å². The summed E-state index contributed by atoms with van der Waals surface area (Å²) in [5.41, 5.74) is 12.9. The minimum absolute atomic E-state index is 0.390. The van der Waals surface area contributed by atoms with Crippen molar-refractivity contribution in [2.45, 2.75) is 34.2 Å². The van der Waals surface area contributed by atoms with Crippen molar-refractivity contribution in [3.05, 3.63) is 63.7 Å². The van der Waals surface area contributed by atoms with E-state index < -0.39 is 0 Å². The Balaban J connectivity index is 2.25. The second-order valence-electron chi connectivity index (χ2n) is 5.57. The molecule has 0 fully saturated rings. The molecule has 1 amide bonds. The number of nitrogens with two attached hydrogens (primary N) is 1. The lowest BCUT2D eigenvalue weighted by molar-refractivity contribution is 0.1000. The van der Waals surface area contributed by atoms with E-state index in [-0.39, 0.29) is 5.91 Å². The van der Waals surface area contributed by atoms with Gasteiger partial charge in [0.05, 0.1) is 0 Å². The first-order valence-corrected chi connectivity index (χ1v) is 7.10. The third-order valence-electron chi connectivity index (χ3n) is 3.90. The van der Waals surface area contributed by atoms with E-state index in [0.717, 1.165) is 17.8 Å². The van der Waals surface area contributed by atoms with Gasteiger partial charge in [0, 0.05) is 17.8 Å². The molecule has 3 heteroatoms. The number of hydrogen-bond donors (Lipinski definition) is 2. The Morgan fingerprint density at radius 2 is 1.71 bits per heavy atom. The largest absolute Gasteiger partial charge is 0.381 e. The van der Waals surface area contributed by atoms with Gasteiger partial charge in [0.1, 0.15) is 0 Å². The van der Waals surface area contributed by atoms with Gasteiger partial charge in [0.2, 0.25) is 5.91 Å². The summed E-state index contributed by atoms with van der Waals surface area (Å²) in [5.74, 6) is -0.390. The van der Waals surface area contributed by atoms with Crippen LogP contribution in [0.5, 0.6) is 0 Å². The zero-order valence-corrected chi connectivity index (χ0v) is 13.1. The molecule has 0 heterocycles. The number of primary amides is 1. The highest BCUT2D eigenvalue weighted by Crippen LogP contribution is 2.22. The molecule has 0 saturated heterocycles. The SMILES string of the molecule is Cc1cc(C)c(CNc2cccc(C(N)=O)c2C)c(C)c1. The lowest BCUT2D eigenvalue weighted by Crippen LogP contribution is -2.14. The Hall–Kier alpha value is -2.29. The molecule has 0 atom stereocenters. The van der Waals surface area contributed by atoms with Crippen molar-refractivity contribution in [2.75, 3.05) is 5.32 Å². The molecule has 0 aromatic heterocycles. The number of amides is 1. The number of carbonyl (C=O) groups is 1. The van der Waals surface area contributed by atoms with Crippen LogP contribution < -0.4 is 11.1 Å². The average molecular weight is 282 g/mol. The van der Waals surface area contributed by atoms with Gasteiger partial charge in [-0.25, -0.2) is 0 Å². The summed E-state index contributed by atoms with van der Waals surface area (Å²) in [6.45, 7) is 9.02. The van der Waals surface area contributed by atoms with Crippen molar-refractivity contribution in [3.63, 3.8) is 0 Å². The third-order valence-corrected chi connectivity index (χ3v) is 3.90. The standard InChI is InChI=1S/C18H22N2O/c1-11-8-12(2)16(13(3)9-11)10-20-17-7-5-6-15(14(17)4)18(19)21/h5-9,20H,10H2,1-4H3,(H2,19,21). The quantitative estimate of drug-likeness (QED) is 0.899. The van der Waals surface area contributed by atoms with Crippen molar-refractivity contribution in [2.24, 2.45) is 5.73 Å². The van der Waals surface area contributed by atoms with Gasteiger partial charge in [-0.2, -0.15) is 0 Å². The van der Waals surface area contributed by atoms with Crippen molar-refractivity contribution < 1.29 is 4.79 Å². The monoisotopic (exact) mass is 282 g/mol. The molecule has 0 saturated carbocycles. The number of aryl methyl sites for hydroxylation is 3. The van der Waals surface area contributed by atoms with Gasteiger partial charge in [0.15, 0.2) is 0 Å². The van der Waals surface area contributed by atoms with E-state index in [1.165, 1.54) is 22.3 Å². The smallest absolute Gasteiger partial charge is 0.249 e. The second kappa shape index (κ2) is 6.00. The number of anilines is 1. The first-order valence-electron chi connectivity index (χ1n) is 7.10. The van der Waals surface area contributed by atoms with E-state index in [1.807, 2.05) is 19.1 Å². The second-order valence-corrected chi connectivity index (χ2v) is 5.57.